The number of aliphatic carboxylic acids is 1. The van der Waals surface area contributed by atoms with E-state index in [1.165, 1.54) is 0 Å². The molecule has 6 heteroatoms. The third-order valence-corrected chi connectivity index (χ3v) is 4.16. The van der Waals surface area contributed by atoms with E-state index in [1.54, 1.807) is 0 Å². The summed E-state index contributed by atoms with van der Waals surface area (Å²) in [7, 11) is 0. The van der Waals surface area contributed by atoms with Crippen molar-refractivity contribution in [3.63, 3.8) is 0 Å². The second-order valence-electron chi connectivity index (χ2n) is 5.97. The van der Waals surface area contributed by atoms with E-state index in [1.807, 2.05) is 55.5 Å². The Morgan fingerprint density at radius 3 is 2.64 bits per heavy atom. The van der Waals surface area contributed by atoms with E-state index in [9.17, 15) is 14.7 Å². The van der Waals surface area contributed by atoms with Crippen molar-refractivity contribution in [3.05, 3.63) is 65.4 Å². The number of rotatable bonds is 6. The van der Waals surface area contributed by atoms with Crippen molar-refractivity contribution < 1.29 is 14.7 Å². The van der Waals surface area contributed by atoms with Gasteiger partial charge in [0, 0.05) is 5.39 Å². The molecular weight excluding hydrogens is 318 g/mol. The Labute approximate surface area is 144 Å². The second kappa shape index (κ2) is 7.17. The van der Waals surface area contributed by atoms with E-state index in [4.69, 9.17) is 0 Å². The Morgan fingerprint density at radius 1 is 1.16 bits per heavy atom. The maximum absolute atomic E-state index is 12.5. The van der Waals surface area contributed by atoms with Crippen LogP contribution in [-0.2, 0) is 16.0 Å². The molecule has 128 valence electrons. The first-order valence-corrected chi connectivity index (χ1v) is 8.03. The Kier molecular flexibility index (Phi) is 4.79. The van der Waals surface area contributed by atoms with Crippen LogP contribution in [0, 0.1) is 6.92 Å². The number of nitrogens with one attached hydrogen (secondary N) is 2. The molecule has 0 radical (unpaired) electrons. The molecule has 1 aromatic heterocycles. The van der Waals surface area contributed by atoms with Gasteiger partial charge in [0.15, 0.2) is 0 Å². The predicted octanol–water partition coefficient (Wildman–Crippen LogP) is 2.75. The first-order valence-electron chi connectivity index (χ1n) is 8.03. The van der Waals surface area contributed by atoms with Gasteiger partial charge in [0.25, 0.3) is 0 Å². The number of hydrogen-bond acceptors (Lipinski definition) is 3. The molecule has 3 aromatic rings. The van der Waals surface area contributed by atoms with Gasteiger partial charge in [0.2, 0.25) is 5.91 Å². The van der Waals surface area contributed by atoms with Crippen LogP contribution in [0.2, 0.25) is 0 Å². The molecule has 0 bridgehead atoms. The van der Waals surface area contributed by atoms with E-state index in [0.717, 1.165) is 22.0 Å². The largest absolute Gasteiger partial charge is 0.481 e. The van der Waals surface area contributed by atoms with Gasteiger partial charge in [-0.15, -0.1) is 0 Å². The highest BCUT2D eigenvalue weighted by Gasteiger charge is 2.20. The van der Waals surface area contributed by atoms with Gasteiger partial charge in [-0.2, -0.15) is 5.10 Å². The van der Waals surface area contributed by atoms with E-state index in [0.29, 0.717) is 5.69 Å². The molecule has 0 fully saturated rings. The molecule has 3 rings (SSSR count). The third-order valence-electron chi connectivity index (χ3n) is 4.16. The lowest BCUT2D eigenvalue weighted by Crippen LogP contribution is -2.32. The third kappa shape index (κ3) is 3.85. The molecule has 2 aromatic carbocycles. The van der Waals surface area contributed by atoms with Crippen molar-refractivity contribution in [3.8, 4) is 0 Å². The molecule has 0 saturated heterocycles. The Morgan fingerprint density at radius 2 is 1.88 bits per heavy atom. The zero-order valence-electron chi connectivity index (χ0n) is 13.8. The molecule has 3 N–H and O–H groups in total. The highest BCUT2D eigenvalue weighted by Crippen LogP contribution is 2.21. The number of fused-ring (bicyclic) bond motifs is 1. The van der Waals surface area contributed by atoms with Gasteiger partial charge in [-0.1, -0.05) is 42.5 Å². The Hall–Kier alpha value is -3.15. The number of carboxylic acid groups (broad SMARTS) is 1. The summed E-state index contributed by atoms with van der Waals surface area (Å²) in [6, 6.07) is 14.4. The topological polar surface area (TPSA) is 95.1 Å². The van der Waals surface area contributed by atoms with Crippen LogP contribution in [0.3, 0.4) is 0 Å². The van der Waals surface area contributed by atoms with Crippen molar-refractivity contribution >= 4 is 22.8 Å². The van der Waals surface area contributed by atoms with Crippen LogP contribution < -0.4 is 5.32 Å². The van der Waals surface area contributed by atoms with E-state index in [-0.39, 0.29) is 18.7 Å². The first kappa shape index (κ1) is 16.7. The van der Waals surface area contributed by atoms with E-state index < -0.39 is 12.0 Å². The van der Waals surface area contributed by atoms with Gasteiger partial charge >= 0.3 is 5.97 Å². The highest BCUT2D eigenvalue weighted by molar-refractivity contribution is 5.87. The standard InChI is InChI=1S/C19H19N3O3/c1-12-6-2-3-7-13(12)16(11-19(24)25)20-18(23)10-17-14-8-4-5-9-15(14)21-22-17/h2-9,16H,10-11H2,1H3,(H,20,23)(H,21,22)(H,24,25)/t16-/m1/s1. The SMILES string of the molecule is Cc1ccccc1[C@@H](CC(=O)O)NC(=O)Cc1[nH]nc2ccccc12. The average Bonchev–Trinajstić information content (AvgIpc) is 2.97. The summed E-state index contributed by atoms with van der Waals surface area (Å²) in [5.74, 6) is -1.20. The smallest absolute Gasteiger partial charge is 0.305 e. The lowest BCUT2D eigenvalue weighted by Gasteiger charge is -2.19. The molecule has 1 amide bonds. The lowest BCUT2D eigenvalue weighted by molar-refractivity contribution is -0.137. The molecular formula is C19H19N3O3. The van der Waals surface area contributed by atoms with Gasteiger partial charge in [-0.25, -0.2) is 0 Å². The van der Waals surface area contributed by atoms with Crippen LogP contribution in [0.4, 0.5) is 0 Å². The van der Waals surface area contributed by atoms with Gasteiger partial charge in [-0.3, -0.25) is 14.7 Å². The minimum absolute atomic E-state index is 0.114. The summed E-state index contributed by atoms with van der Waals surface area (Å²) in [6.45, 7) is 1.90. The fraction of sp³-hybridized carbons (Fsp3) is 0.211. The molecule has 0 spiro atoms. The van der Waals surface area contributed by atoms with Gasteiger partial charge < -0.3 is 10.4 Å². The van der Waals surface area contributed by atoms with Crippen LogP contribution in [0.1, 0.15) is 29.3 Å². The molecule has 0 unspecified atom stereocenters. The number of aryl methyl sites for hydroxylation is 1. The average molecular weight is 337 g/mol. The predicted molar refractivity (Wildman–Crippen MR) is 94.1 cm³/mol. The quantitative estimate of drug-likeness (QED) is 0.644. The number of aromatic amines is 1. The van der Waals surface area contributed by atoms with E-state index >= 15 is 0 Å². The van der Waals surface area contributed by atoms with Crippen LogP contribution in [0.5, 0.6) is 0 Å². The van der Waals surface area contributed by atoms with Crippen molar-refractivity contribution in [2.75, 3.05) is 0 Å². The maximum atomic E-state index is 12.5. The number of benzene rings is 2. The summed E-state index contributed by atoms with van der Waals surface area (Å²) in [4.78, 5) is 23.7. The molecule has 0 aliphatic rings. The summed E-state index contributed by atoms with van der Waals surface area (Å²) >= 11 is 0. The normalized spacial score (nSPS) is 12.0. The highest BCUT2D eigenvalue weighted by atomic mass is 16.4. The van der Waals surface area contributed by atoms with Crippen LogP contribution >= 0.6 is 0 Å². The first-order chi connectivity index (χ1) is 12.0. The lowest BCUT2D eigenvalue weighted by atomic mass is 9.98. The van der Waals surface area contributed by atoms with Crippen LogP contribution in [-0.4, -0.2) is 27.2 Å². The summed E-state index contributed by atoms with van der Waals surface area (Å²) in [5.41, 5.74) is 3.27. The summed E-state index contributed by atoms with van der Waals surface area (Å²) < 4.78 is 0. The minimum atomic E-state index is -0.958. The Bertz CT molecular complexity index is 917. The number of hydrogen-bond donors (Lipinski definition) is 3. The number of aromatic nitrogens is 2. The zero-order valence-corrected chi connectivity index (χ0v) is 13.8. The summed E-state index contributed by atoms with van der Waals surface area (Å²) in [5, 5.41) is 20.0. The fourth-order valence-electron chi connectivity index (χ4n) is 2.95. The number of carboxylic acids is 1. The minimum Gasteiger partial charge on any atom is -0.481 e. The Balaban J connectivity index is 1.78. The van der Waals surface area contributed by atoms with Crippen molar-refractivity contribution in [2.45, 2.75) is 25.8 Å². The molecule has 1 atom stereocenters. The molecule has 6 nitrogen and oxygen atoms in total. The van der Waals surface area contributed by atoms with Crippen molar-refractivity contribution in [2.24, 2.45) is 0 Å². The zero-order chi connectivity index (χ0) is 17.8. The summed E-state index contributed by atoms with van der Waals surface area (Å²) in [6.07, 6.45) is -0.0527. The number of nitrogens with zero attached hydrogens (tertiary/aromatic N) is 1. The fourth-order valence-corrected chi connectivity index (χ4v) is 2.95. The maximum Gasteiger partial charge on any atom is 0.305 e. The molecule has 0 saturated carbocycles. The number of amides is 1. The van der Waals surface area contributed by atoms with Gasteiger partial charge in [0.05, 0.1) is 30.1 Å². The van der Waals surface area contributed by atoms with Crippen LogP contribution in [0.15, 0.2) is 48.5 Å². The van der Waals surface area contributed by atoms with E-state index in [2.05, 4.69) is 15.5 Å². The van der Waals surface area contributed by atoms with Gasteiger partial charge in [0.1, 0.15) is 0 Å². The molecule has 0 aliphatic carbocycles. The molecule has 25 heavy (non-hydrogen) atoms. The number of H-pyrrole nitrogens is 1. The van der Waals surface area contributed by atoms with Crippen molar-refractivity contribution in [1.82, 2.24) is 15.5 Å². The monoisotopic (exact) mass is 337 g/mol. The van der Waals surface area contributed by atoms with Crippen LogP contribution in [0.25, 0.3) is 10.9 Å². The van der Waals surface area contributed by atoms with Crippen molar-refractivity contribution in [1.29, 1.82) is 0 Å². The second-order valence-corrected chi connectivity index (χ2v) is 5.97. The molecule has 0 aliphatic heterocycles. The molecule has 1 heterocycles. The van der Waals surface area contributed by atoms with Gasteiger partial charge in [-0.05, 0) is 24.1 Å². The number of carbonyl (C=O) groups is 2. The number of para-hydroxylation sites is 1. The number of carbonyl (C=O) groups excluding carboxylic acids is 1.